The third-order valence-corrected chi connectivity index (χ3v) is 4.67. The number of anilines is 2. The van der Waals surface area contributed by atoms with Crippen LogP contribution >= 0.6 is 0 Å². The minimum atomic E-state index is -0.729. The quantitative estimate of drug-likeness (QED) is 0.758. The van der Waals surface area contributed by atoms with Crippen molar-refractivity contribution in [2.24, 2.45) is 0 Å². The van der Waals surface area contributed by atoms with Gasteiger partial charge in [0.15, 0.2) is 0 Å². The van der Waals surface area contributed by atoms with Gasteiger partial charge in [0.25, 0.3) is 5.91 Å². The molecule has 2 aromatic carbocycles. The van der Waals surface area contributed by atoms with E-state index in [1.165, 1.54) is 19.1 Å². The summed E-state index contributed by atoms with van der Waals surface area (Å²) in [4.78, 5) is 39.2. The number of carbonyl (C=O) groups excluding carboxylic acids is 3. The van der Waals surface area contributed by atoms with Crippen molar-refractivity contribution >= 4 is 29.2 Å². The molecule has 0 spiro atoms. The molecule has 0 fully saturated rings. The normalized spacial score (nSPS) is 13.6. The molecule has 8 heteroatoms. The Morgan fingerprint density at radius 1 is 0.967 bits per heavy atom. The van der Waals surface area contributed by atoms with Crippen LogP contribution in [0.4, 0.5) is 11.4 Å². The molecule has 1 aliphatic heterocycles. The zero-order valence-electron chi connectivity index (χ0n) is 16.9. The number of carbonyl (C=O) groups is 3. The number of esters is 2. The Morgan fingerprint density at radius 2 is 1.63 bits per heavy atom. The zero-order chi connectivity index (χ0) is 21.7. The number of amides is 1. The highest BCUT2D eigenvalue weighted by molar-refractivity contribution is 6.10. The van der Waals surface area contributed by atoms with E-state index in [1.54, 1.807) is 30.3 Å². The fourth-order valence-electron chi connectivity index (χ4n) is 3.14. The summed E-state index contributed by atoms with van der Waals surface area (Å²) in [6.45, 7) is 1.74. The molecule has 30 heavy (non-hydrogen) atoms. The zero-order valence-corrected chi connectivity index (χ0v) is 16.9. The number of hydrogen-bond acceptors (Lipinski definition) is 7. The van der Waals surface area contributed by atoms with E-state index in [9.17, 15) is 14.4 Å². The Morgan fingerprint density at radius 3 is 2.33 bits per heavy atom. The minimum Gasteiger partial charge on any atom is -0.466 e. The van der Waals surface area contributed by atoms with Gasteiger partial charge in [0.05, 0.1) is 37.7 Å². The topological polar surface area (TPSA) is 94.2 Å². The molecule has 2 aromatic rings. The van der Waals surface area contributed by atoms with Crippen LogP contribution in [0.15, 0.2) is 59.8 Å². The van der Waals surface area contributed by atoms with Gasteiger partial charge in [-0.2, -0.15) is 0 Å². The fraction of sp³-hybridized carbons (Fsp3) is 0.227. The number of nitrogens with zero attached hydrogens (tertiary/aromatic N) is 1. The van der Waals surface area contributed by atoms with Crippen LogP contribution < -0.4 is 10.2 Å². The van der Waals surface area contributed by atoms with Gasteiger partial charge in [-0.05, 0) is 30.7 Å². The summed E-state index contributed by atoms with van der Waals surface area (Å²) in [5.74, 6) is -1.80. The maximum Gasteiger partial charge on any atom is 0.355 e. The second-order valence-corrected chi connectivity index (χ2v) is 6.50. The number of hydrogen-bond donors (Lipinski definition) is 1. The van der Waals surface area contributed by atoms with E-state index in [0.717, 1.165) is 5.56 Å². The molecule has 0 radical (unpaired) electrons. The molecule has 1 N–H and O–H groups in total. The molecule has 3 rings (SSSR count). The summed E-state index contributed by atoms with van der Waals surface area (Å²) in [7, 11) is 2.43. The highest BCUT2D eigenvalue weighted by Crippen LogP contribution is 2.30. The number of benzene rings is 2. The lowest BCUT2D eigenvalue weighted by Crippen LogP contribution is -2.39. The van der Waals surface area contributed by atoms with Crippen LogP contribution in [-0.2, 0) is 23.8 Å². The maximum atomic E-state index is 13.0. The van der Waals surface area contributed by atoms with Gasteiger partial charge in [0, 0.05) is 5.69 Å². The third-order valence-electron chi connectivity index (χ3n) is 4.67. The van der Waals surface area contributed by atoms with E-state index >= 15 is 0 Å². The average molecular weight is 410 g/mol. The molecule has 0 bridgehead atoms. The summed E-state index contributed by atoms with van der Waals surface area (Å²) < 4.78 is 15.2. The molecule has 0 aromatic heterocycles. The Bertz CT molecular complexity index is 1010. The van der Waals surface area contributed by atoms with Gasteiger partial charge in [0.2, 0.25) is 0 Å². The minimum absolute atomic E-state index is 0.0183. The van der Waals surface area contributed by atoms with Gasteiger partial charge in [-0.15, -0.1) is 0 Å². The van der Waals surface area contributed by atoms with Crippen LogP contribution in [0.25, 0.3) is 0 Å². The van der Waals surface area contributed by atoms with Crippen LogP contribution in [-0.4, -0.2) is 45.4 Å². The lowest BCUT2D eigenvalue weighted by atomic mass is 10.1. The summed E-state index contributed by atoms with van der Waals surface area (Å²) in [5.41, 5.74) is 2.28. The van der Waals surface area contributed by atoms with Crippen molar-refractivity contribution in [1.82, 2.24) is 0 Å². The number of methoxy groups -OCH3 is 2. The predicted molar refractivity (Wildman–Crippen MR) is 110 cm³/mol. The Labute approximate surface area is 174 Å². The van der Waals surface area contributed by atoms with Crippen LogP contribution in [0.5, 0.6) is 0 Å². The molecule has 0 aliphatic carbocycles. The second-order valence-electron chi connectivity index (χ2n) is 6.50. The van der Waals surface area contributed by atoms with E-state index in [1.807, 2.05) is 25.1 Å². The van der Waals surface area contributed by atoms with Crippen LogP contribution in [0.1, 0.15) is 15.9 Å². The van der Waals surface area contributed by atoms with Gasteiger partial charge in [-0.1, -0.05) is 30.3 Å². The van der Waals surface area contributed by atoms with E-state index < -0.39 is 11.9 Å². The second kappa shape index (κ2) is 9.23. The van der Waals surface area contributed by atoms with Crippen LogP contribution in [0.3, 0.4) is 0 Å². The molecule has 0 atom stereocenters. The largest absolute Gasteiger partial charge is 0.466 e. The van der Waals surface area contributed by atoms with Crippen molar-refractivity contribution in [2.45, 2.75) is 6.92 Å². The van der Waals surface area contributed by atoms with Gasteiger partial charge in [-0.3, -0.25) is 4.79 Å². The number of ether oxygens (including phenoxy) is 3. The Kier molecular flexibility index (Phi) is 6.48. The standard InChI is InChI=1S/C22H22N2O6/c1-14-8-4-6-10-17(14)23-20(25)15-9-5-7-11-18(15)24-13-30-12-16(21(26)28-2)19(24)22(27)29-3/h4-11H,12-13H2,1-3H3,(H,23,25). The smallest absolute Gasteiger partial charge is 0.355 e. The molecular weight excluding hydrogens is 388 g/mol. The first-order valence-corrected chi connectivity index (χ1v) is 9.19. The number of rotatable bonds is 5. The highest BCUT2D eigenvalue weighted by Gasteiger charge is 2.34. The third kappa shape index (κ3) is 4.18. The molecule has 156 valence electrons. The van der Waals surface area contributed by atoms with Crippen molar-refractivity contribution < 1.29 is 28.6 Å². The molecule has 1 aliphatic rings. The van der Waals surface area contributed by atoms with Crippen molar-refractivity contribution in [1.29, 1.82) is 0 Å². The number of aryl methyl sites for hydroxylation is 1. The number of nitrogens with one attached hydrogen (secondary N) is 1. The van der Waals surface area contributed by atoms with Crippen molar-refractivity contribution in [3.8, 4) is 0 Å². The summed E-state index contributed by atoms with van der Waals surface area (Å²) in [6, 6.07) is 14.1. The SMILES string of the molecule is COC(=O)C1=C(C(=O)OC)N(c2ccccc2C(=O)Nc2ccccc2C)COC1. The van der Waals surface area contributed by atoms with Crippen LogP contribution in [0.2, 0.25) is 0 Å². The Balaban J connectivity index is 2.05. The summed E-state index contributed by atoms with van der Waals surface area (Å²) >= 11 is 0. The molecule has 0 unspecified atom stereocenters. The van der Waals surface area contributed by atoms with Crippen molar-refractivity contribution in [3.63, 3.8) is 0 Å². The first-order valence-electron chi connectivity index (χ1n) is 9.19. The average Bonchev–Trinajstić information content (AvgIpc) is 2.79. The molecular formula is C22H22N2O6. The monoisotopic (exact) mass is 410 g/mol. The summed E-state index contributed by atoms with van der Waals surface area (Å²) in [6.07, 6.45) is 0. The molecule has 0 saturated carbocycles. The van der Waals surface area contributed by atoms with Gasteiger partial charge in [0.1, 0.15) is 12.4 Å². The van der Waals surface area contributed by atoms with Gasteiger partial charge in [-0.25, -0.2) is 9.59 Å². The lowest BCUT2D eigenvalue weighted by Gasteiger charge is -2.32. The van der Waals surface area contributed by atoms with Crippen molar-refractivity contribution in [2.75, 3.05) is 37.8 Å². The Hall–Kier alpha value is -3.65. The van der Waals surface area contributed by atoms with Crippen LogP contribution in [0, 0.1) is 6.92 Å². The predicted octanol–water partition coefficient (Wildman–Crippen LogP) is 2.64. The van der Waals surface area contributed by atoms with Crippen molar-refractivity contribution in [3.05, 3.63) is 70.9 Å². The molecule has 1 amide bonds. The first kappa shape index (κ1) is 21.1. The molecule has 8 nitrogen and oxygen atoms in total. The van der Waals surface area contributed by atoms with E-state index in [0.29, 0.717) is 16.9 Å². The highest BCUT2D eigenvalue weighted by atomic mass is 16.5. The van der Waals surface area contributed by atoms with Gasteiger partial charge >= 0.3 is 11.9 Å². The summed E-state index contributed by atoms with van der Waals surface area (Å²) in [5, 5.41) is 2.88. The first-order chi connectivity index (χ1) is 14.5. The van der Waals surface area contributed by atoms with E-state index in [-0.39, 0.29) is 30.5 Å². The molecule has 0 saturated heterocycles. The van der Waals surface area contributed by atoms with E-state index in [2.05, 4.69) is 5.32 Å². The van der Waals surface area contributed by atoms with Gasteiger partial charge < -0.3 is 24.4 Å². The molecule has 1 heterocycles. The lowest BCUT2D eigenvalue weighted by molar-refractivity contribution is -0.140. The fourth-order valence-corrected chi connectivity index (χ4v) is 3.14. The van der Waals surface area contributed by atoms with E-state index in [4.69, 9.17) is 14.2 Å². The number of para-hydroxylation sites is 2. The maximum absolute atomic E-state index is 13.0.